The van der Waals surface area contributed by atoms with E-state index in [0.717, 1.165) is 26.1 Å². The first-order valence-electron chi connectivity index (χ1n) is 7.35. The van der Waals surface area contributed by atoms with Crippen LogP contribution in [0, 0.1) is 5.41 Å². The van der Waals surface area contributed by atoms with Crippen molar-refractivity contribution >= 4 is 9.28 Å². The van der Waals surface area contributed by atoms with Crippen LogP contribution in [0.3, 0.4) is 0 Å². The molecule has 0 radical (unpaired) electrons. The standard InChI is InChI=1S/C14H30O2Si/c1-5-11-15-17(16-12-6-2)13-9-7-8-10-14(13,3)4/h13,17H,5-12H2,1-4H3. The lowest BCUT2D eigenvalue weighted by Crippen LogP contribution is -2.39. The van der Waals surface area contributed by atoms with Crippen LogP contribution in [0.15, 0.2) is 0 Å². The van der Waals surface area contributed by atoms with Gasteiger partial charge in [-0.1, -0.05) is 40.5 Å². The van der Waals surface area contributed by atoms with Crippen molar-refractivity contribution in [2.24, 2.45) is 5.41 Å². The van der Waals surface area contributed by atoms with Gasteiger partial charge in [0.05, 0.1) is 0 Å². The molecule has 0 aromatic rings. The maximum atomic E-state index is 6.09. The third kappa shape index (κ3) is 4.72. The van der Waals surface area contributed by atoms with Gasteiger partial charge >= 0.3 is 9.28 Å². The summed E-state index contributed by atoms with van der Waals surface area (Å²) in [7, 11) is -1.48. The van der Waals surface area contributed by atoms with Crippen molar-refractivity contribution in [3.05, 3.63) is 0 Å². The van der Waals surface area contributed by atoms with E-state index in [1.54, 1.807) is 0 Å². The first-order chi connectivity index (χ1) is 8.11. The highest BCUT2D eigenvalue weighted by Gasteiger charge is 2.40. The van der Waals surface area contributed by atoms with Gasteiger partial charge in [0.25, 0.3) is 0 Å². The van der Waals surface area contributed by atoms with Gasteiger partial charge in [0, 0.05) is 18.8 Å². The highest BCUT2D eigenvalue weighted by atomic mass is 28.3. The van der Waals surface area contributed by atoms with Crippen molar-refractivity contribution in [3.63, 3.8) is 0 Å². The lowest BCUT2D eigenvalue weighted by atomic mass is 9.77. The molecule has 1 atom stereocenters. The Morgan fingerprint density at radius 2 is 1.65 bits per heavy atom. The Balaban J connectivity index is 2.58. The summed E-state index contributed by atoms with van der Waals surface area (Å²) in [5, 5.41) is 0. The van der Waals surface area contributed by atoms with E-state index in [4.69, 9.17) is 8.85 Å². The highest BCUT2D eigenvalue weighted by Crippen LogP contribution is 2.46. The van der Waals surface area contributed by atoms with E-state index in [-0.39, 0.29) is 0 Å². The second-order valence-corrected chi connectivity index (χ2v) is 8.16. The SMILES string of the molecule is CCCO[SiH](OCCC)C1CCCCC1(C)C. The summed E-state index contributed by atoms with van der Waals surface area (Å²) >= 11 is 0. The Bertz CT molecular complexity index is 198. The van der Waals surface area contributed by atoms with Crippen molar-refractivity contribution in [2.75, 3.05) is 13.2 Å². The molecule has 0 aromatic carbocycles. The third-order valence-corrected chi connectivity index (χ3v) is 6.91. The van der Waals surface area contributed by atoms with Crippen LogP contribution in [0.2, 0.25) is 5.54 Å². The van der Waals surface area contributed by atoms with Crippen LogP contribution >= 0.6 is 0 Å². The third-order valence-electron chi connectivity index (χ3n) is 3.89. The van der Waals surface area contributed by atoms with Crippen molar-refractivity contribution in [1.82, 2.24) is 0 Å². The van der Waals surface area contributed by atoms with Crippen LogP contribution in [0.5, 0.6) is 0 Å². The first kappa shape index (κ1) is 15.2. The molecule has 1 aliphatic rings. The monoisotopic (exact) mass is 258 g/mol. The van der Waals surface area contributed by atoms with Gasteiger partial charge in [-0.25, -0.2) is 0 Å². The molecule has 0 N–H and O–H groups in total. The Morgan fingerprint density at radius 3 is 2.12 bits per heavy atom. The van der Waals surface area contributed by atoms with Gasteiger partial charge in [0.2, 0.25) is 0 Å². The summed E-state index contributed by atoms with van der Waals surface area (Å²) in [5.41, 5.74) is 1.13. The zero-order chi connectivity index (χ0) is 12.7. The molecule has 3 heteroatoms. The van der Waals surface area contributed by atoms with Crippen molar-refractivity contribution in [2.45, 2.75) is 71.8 Å². The topological polar surface area (TPSA) is 18.5 Å². The molecule has 17 heavy (non-hydrogen) atoms. The number of hydrogen-bond donors (Lipinski definition) is 0. The lowest BCUT2D eigenvalue weighted by molar-refractivity contribution is 0.141. The van der Waals surface area contributed by atoms with Crippen LogP contribution in [0.4, 0.5) is 0 Å². The normalized spacial score (nSPS) is 24.2. The van der Waals surface area contributed by atoms with Gasteiger partial charge in [-0.05, 0) is 31.1 Å². The molecule has 0 saturated heterocycles. The van der Waals surface area contributed by atoms with E-state index in [1.807, 2.05) is 0 Å². The predicted molar refractivity (Wildman–Crippen MR) is 75.6 cm³/mol. The summed E-state index contributed by atoms with van der Waals surface area (Å²) in [5.74, 6) is 0. The zero-order valence-corrected chi connectivity index (χ0v) is 13.3. The van der Waals surface area contributed by atoms with Crippen molar-refractivity contribution in [3.8, 4) is 0 Å². The molecule has 0 aliphatic heterocycles. The smallest absolute Gasteiger partial charge is 0.325 e. The minimum atomic E-state index is -1.48. The van der Waals surface area contributed by atoms with E-state index in [1.165, 1.54) is 25.7 Å². The summed E-state index contributed by atoms with van der Waals surface area (Å²) < 4.78 is 12.2. The van der Waals surface area contributed by atoms with Crippen LogP contribution in [0.25, 0.3) is 0 Å². The van der Waals surface area contributed by atoms with E-state index < -0.39 is 9.28 Å². The molecule has 1 unspecified atom stereocenters. The van der Waals surface area contributed by atoms with Gasteiger partial charge < -0.3 is 8.85 Å². The summed E-state index contributed by atoms with van der Waals surface area (Å²) in [4.78, 5) is 0. The second kappa shape index (κ2) is 7.55. The molecule has 0 heterocycles. The van der Waals surface area contributed by atoms with Crippen LogP contribution in [-0.4, -0.2) is 22.5 Å². The Kier molecular flexibility index (Phi) is 6.74. The molecular weight excluding hydrogens is 228 g/mol. The Hall–Kier alpha value is 0.137. The second-order valence-electron chi connectivity index (χ2n) is 5.95. The van der Waals surface area contributed by atoms with Gasteiger partial charge in [-0.15, -0.1) is 0 Å². The Morgan fingerprint density at radius 1 is 1.06 bits per heavy atom. The molecule has 0 spiro atoms. The fraction of sp³-hybridized carbons (Fsp3) is 1.00. The molecule has 1 rings (SSSR count). The molecule has 1 saturated carbocycles. The van der Waals surface area contributed by atoms with Crippen LogP contribution in [-0.2, 0) is 8.85 Å². The molecular formula is C14H30O2Si. The van der Waals surface area contributed by atoms with Crippen LogP contribution < -0.4 is 0 Å². The fourth-order valence-electron chi connectivity index (χ4n) is 2.77. The molecule has 102 valence electrons. The van der Waals surface area contributed by atoms with E-state index in [0.29, 0.717) is 11.0 Å². The average Bonchev–Trinajstić information content (AvgIpc) is 2.30. The quantitative estimate of drug-likeness (QED) is 0.642. The molecule has 0 bridgehead atoms. The summed E-state index contributed by atoms with van der Waals surface area (Å²) in [6.07, 6.45) is 7.61. The first-order valence-corrected chi connectivity index (χ1v) is 8.96. The molecule has 0 amide bonds. The maximum absolute atomic E-state index is 6.09. The van der Waals surface area contributed by atoms with E-state index in [2.05, 4.69) is 27.7 Å². The van der Waals surface area contributed by atoms with Crippen LogP contribution in [0.1, 0.15) is 66.2 Å². The summed E-state index contributed by atoms with van der Waals surface area (Å²) in [6, 6.07) is 0. The average molecular weight is 258 g/mol. The number of hydrogen-bond acceptors (Lipinski definition) is 2. The van der Waals surface area contributed by atoms with Gasteiger partial charge in [-0.2, -0.15) is 0 Å². The van der Waals surface area contributed by atoms with Crippen molar-refractivity contribution < 1.29 is 8.85 Å². The predicted octanol–water partition coefficient (Wildman–Crippen LogP) is 4.03. The number of rotatable bonds is 7. The molecule has 2 nitrogen and oxygen atoms in total. The fourth-order valence-corrected chi connectivity index (χ4v) is 5.68. The van der Waals surface area contributed by atoms with E-state index in [9.17, 15) is 0 Å². The maximum Gasteiger partial charge on any atom is 0.325 e. The van der Waals surface area contributed by atoms with Gasteiger partial charge in [0.1, 0.15) is 0 Å². The van der Waals surface area contributed by atoms with Gasteiger partial charge in [0.15, 0.2) is 0 Å². The highest BCUT2D eigenvalue weighted by molar-refractivity contribution is 6.46. The molecule has 1 aliphatic carbocycles. The van der Waals surface area contributed by atoms with Crippen molar-refractivity contribution in [1.29, 1.82) is 0 Å². The largest absolute Gasteiger partial charge is 0.396 e. The molecule has 0 aromatic heterocycles. The minimum Gasteiger partial charge on any atom is -0.396 e. The minimum absolute atomic E-state index is 0.427. The summed E-state index contributed by atoms with van der Waals surface area (Å²) in [6.45, 7) is 10.9. The Labute approximate surface area is 109 Å². The zero-order valence-electron chi connectivity index (χ0n) is 12.1. The van der Waals surface area contributed by atoms with E-state index >= 15 is 0 Å². The van der Waals surface area contributed by atoms with Gasteiger partial charge in [-0.3, -0.25) is 0 Å². The lowest BCUT2D eigenvalue weighted by Gasteiger charge is -2.41. The molecule has 1 fully saturated rings.